The van der Waals surface area contributed by atoms with E-state index in [4.69, 9.17) is 0 Å². The number of benzene rings is 1. The topological polar surface area (TPSA) is 15.8 Å². The first kappa shape index (κ1) is 33.8. The summed E-state index contributed by atoms with van der Waals surface area (Å²) in [7, 11) is 0. The Morgan fingerprint density at radius 1 is 1.00 bits per heavy atom. The van der Waals surface area contributed by atoms with Crippen molar-refractivity contribution < 1.29 is 20.0 Å². The van der Waals surface area contributed by atoms with Gasteiger partial charge in [-0.1, -0.05) is 6.07 Å². The summed E-state index contributed by atoms with van der Waals surface area (Å²) in [6.45, 7) is 4.17. The molecule has 1 aromatic heterocycles. The molecule has 4 heteroatoms. The Balaban J connectivity index is -0.0000000690. The quantitative estimate of drug-likeness (QED) is 0.342. The number of fused-ring (bicyclic) bond motifs is 1. The Hall–Kier alpha value is -0.726. The Labute approximate surface area is 167 Å². The molecule has 0 fully saturated rings. The van der Waals surface area contributed by atoms with Crippen molar-refractivity contribution in [2.45, 2.75) is 13.8 Å². The van der Waals surface area contributed by atoms with E-state index in [2.05, 4.69) is 87.5 Å². The Bertz CT molecular complexity index is 508. The molecule has 23 heavy (non-hydrogen) atoms. The monoisotopic (exact) mass is 388 g/mol. The van der Waals surface area contributed by atoms with Crippen LogP contribution in [0.15, 0.2) is 60.8 Å². The second-order valence-electron chi connectivity index (χ2n) is 3.97. The largest absolute Gasteiger partial charge is 0.484 e. The number of aromatic amines is 1. The molecule has 0 bridgehead atoms. The van der Waals surface area contributed by atoms with Gasteiger partial charge < -0.3 is 27.3 Å². The second-order valence-corrected chi connectivity index (χ2v) is 5.53. The van der Waals surface area contributed by atoms with Gasteiger partial charge >= 0.3 is 37.6 Å². The average molecular weight is 389 g/mol. The van der Waals surface area contributed by atoms with Gasteiger partial charge in [-0.05, 0) is 0 Å². The van der Waals surface area contributed by atoms with Gasteiger partial charge in [-0.15, -0.1) is 60.7 Å². The number of hydrogen-bond donors (Lipinski definition) is 1. The fourth-order valence-electron chi connectivity index (χ4n) is 1.31. The zero-order valence-electron chi connectivity index (χ0n) is 14.6. The standard InChI is InChI=1S/C9H7.C4H4N.C3H6.3CH3.2ClH.Ti/c1-2-5-9-7-3-6-8(9)4-1;1-2-4-5-3-1;1-3-2;;;;;;/h1-7H;1-3,5H;1-2H3;3*1H3;2*1H;/q2*-1;;3*-1;;;. The van der Waals surface area contributed by atoms with Gasteiger partial charge in [0, 0.05) is 0 Å². The molecular weight excluding hydrogens is 361 g/mol. The first-order valence-electron chi connectivity index (χ1n) is 5.82. The van der Waals surface area contributed by atoms with E-state index in [9.17, 15) is 0 Å². The third-order valence-electron chi connectivity index (χ3n) is 1.99. The SMILES string of the molecule is C[C](C)=[Ti].Cl.Cl.[CH3-].[CH3-].[CH3-].[c-]1ccc[nH]1.c1ccc2[cH-]ccc2c1. The van der Waals surface area contributed by atoms with Crippen molar-refractivity contribution in [1.82, 2.24) is 4.98 Å². The first-order valence-corrected chi connectivity index (χ1v) is 6.60. The number of aromatic nitrogens is 1. The molecule has 0 radical (unpaired) electrons. The van der Waals surface area contributed by atoms with Crippen LogP contribution in [0.2, 0.25) is 0 Å². The minimum Gasteiger partial charge on any atom is -0.484 e. The summed E-state index contributed by atoms with van der Waals surface area (Å²) in [6.07, 6.45) is 4.56. The fraction of sp³-hybridized carbons (Fsp3) is 0.105. The van der Waals surface area contributed by atoms with Crippen LogP contribution < -0.4 is 0 Å². The molecular formula is C19H28Cl2NTi-5. The van der Waals surface area contributed by atoms with E-state index in [-0.39, 0.29) is 47.1 Å². The van der Waals surface area contributed by atoms with E-state index in [1.54, 1.807) is 0 Å². The molecule has 3 rings (SSSR count). The van der Waals surface area contributed by atoms with Crippen LogP contribution in [0.25, 0.3) is 10.8 Å². The molecule has 3 aromatic rings. The molecule has 0 atom stereocenters. The molecule has 132 valence electrons. The van der Waals surface area contributed by atoms with Crippen LogP contribution in [0.1, 0.15) is 13.8 Å². The molecule has 0 aliphatic rings. The Kier molecular flexibility index (Phi) is 31.2. The smallest absolute Gasteiger partial charge is 0.0809 e. The number of H-pyrrole nitrogens is 1. The molecule has 0 saturated carbocycles. The summed E-state index contributed by atoms with van der Waals surface area (Å²) >= 11 is 2.08. The molecule has 1 heterocycles. The molecule has 1 nitrogen and oxygen atoms in total. The molecule has 0 aliphatic heterocycles. The third-order valence-corrected chi connectivity index (χ3v) is 1.99. The molecule has 0 saturated heterocycles. The zero-order valence-corrected chi connectivity index (χ0v) is 17.8. The van der Waals surface area contributed by atoms with Crippen molar-refractivity contribution in [3.63, 3.8) is 0 Å². The predicted octanol–water partition coefficient (Wildman–Crippen LogP) is 6.31. The van der Waals surface area contributed by atoms with Gasteiger partial charge in [0.05, 0.1) is 0 Å². The summed E-state index contributed by atoms with van der Waals surface area (Å²) < 4.78 is 1.42. The van der Waals surface area contributed by atoms with E-state index < -0.39 is 0 Å². The molecule has 0 amide bonds. The number of hydrogen-bond acceptors (Lipinski definition) is 0. The van der Waals surface area contributed by atoms with Crippen molar-refractivity contribution in [2.75, 3.05) is 0 Å². The normalized spacial score (nSPS) is 6.83. The maximum absolute atomic E-state index is 2.74. The summed E-state index contributed by atoms with van der Waals surface area (Å²) in [4.78, 5) is 2.74. The summed E-state index contributed by atoms with van der Waals surface area (Å²) in [5.41, 5.74) is 0. The number of rotatable bonds is 0. The summed E-state index contributed by atoms with van der Waals surface area (Å²) in [5, 5.41) is 2.66. The first-order chi connectivity index (χ1) is 8.70. The minimum atomic E-state index is 0. The van der Waals surface area contributed by atoms with Crippen LogP contribution in [-0.4, -0.2) is 8.80 Å². The summed E-state index contributed by atoms with van der Waals surface area (Å²) in [5.74, 6) is 0. The van der Waals surface area contributed by atoms with Crippen molar-refractivity contribution in [3.8, 4) is 0 Å². The van der Waals surface area contributed by atoms with Crippen LogP contribution in [0.3, 0.4) is 0 Å². The van der Waals surface area contributed by atoms with E-state index >= 15 is 0 Å². The van der Waals surface area contributed by atoms with Gasteiger partial charge in [0.1, 0.15) is 0 Å². The predicted molar refractivity (Wildman–Crippen MR) is 109 cm³/mol. The van der Waals surface area contributed by atoms with Crippen molar-refractivity contribution in [3.05, 3.63) is 89.3 Å². The van der Waals surface area contributed by atoms with Gasteiger partial charge in [0.15, 0.2) is 0 Å². The van der Waals surface area contributed by atoms with Crippen LogP contribution in [0.5, 0.6) is 0 Å². The minimum absolute atomic E-state index is 0. The molecule has 0 aliphatic carbocycles. The van der Waals surface area contributed by atoms with Crippen molar-refractivity contribution in [1.29, 1.82) is 0 Å². The van der Waals surface area contributed by atoms with Crippen molar-refractivity contribution >= 4 is 39.4 Å². The summed E-state index contributed by atoms with van der Waals surface area (Å²) in [6, 6.07) is 18.4. The second kappa shape index (κ2) is 21.3. The van der Waals surface area contributed by atoms with Crippen LogP contribution in [0.4, 0.5) is 0 Å². The molecule has 0 unspecified atom stereocenters. The van der Waals surface area contributed by atoms with Crippen LogP contribution >= 0.6 is 24.8 Å². The average Bonchev–Trinajstić information content (AvgIpc) is 3.03. The maximum Gasteiger partial charge on any atom is -0.0809 e. The maximum atomic E-state index is 2.74. The van der Waals surface area contributed by atoms with Gasteiger partial charge in [-0.2, -0.15) is 35.8 Å². The number of halogens is 2. The van der Waals surface area contributed by atoms with E-state index in [1.165, 1.54) is 14.6 Å². The third kappa shape index (κ3) is 17.5. The molecule has 0 spiro atoms. The fourth-order valence-corrected chi connectivity index (χ4v) is 1.31. The van der Waals surface area contributed by atoms with Crippen LogP contribution in [-0.2, 0) is 20.0 Å². The van der Waals surface area contributed by atoms with Gasteiger partial charge in [0.2, 0.25) is 0 Å². The Morgan fingerprint density at radius 3 is 1.96 bits per heavy atom. The van der Waals surface area contributed by atoms with Crippen LogP contribution in [0, 0.1) is 28.5 Å². The molecule has 2 aromatic carbocycles. The van der Waals surface area contributed by atoms with Gasteiger partial charge in [-0.25, -0.2) is 0 Å². The van der Waals surface area contributed by atoms with E-state index in [1.807, 2.05) is 18.3 Å². The zero-order chi connectivity index (χ0) is 13.2. The van der Waals surface area contributed by atoms with E-state index in [0.717, 1.165) is 0 Å². The van der Waals surface area contributed by atoms with Gasteiger partial charge in [-0.3, -0.25) is 0 Å². The van der Waals surface area contributed by atoms with Gasteiger partial charge in [0.25, 0.3) is 0 Å². The number of nitrogens with one attached hydrogen (secondary N) is 1. The molecule has 1 N–H and O–H groups in total. The van der Waals surface area contributed by atoms with E-state index in [0.29, 0.717) is 0 Å². The Morgan fingerprint density at radius 2 is 1.57 bits per heavy atom. The van der Waals surface area contributed by atoms with Crippen molar-refractivity contribution in [2.24, 2.45) is 0 Å².